The van der Waals surface area contributed by atoms with E-state index in [1.165, 1.54) is 212 Å². The molecule has 422 valence electrons. The molecule has 6 N–H and O–H groups in total. The quantitative estimate of drug-likeness (QED) is 0.0261. The molecule has 1 rings (SSSR count). The van der Waals surface area contributed by atoms with Gasteiger partial charge in [0.2, 0.25) is 5.91 Å². The second kappa shape index (κ2) is 52.6. The summed E-state index contributed by atoms with van der Waals surface area (Å²) >= 11 is 0. The van der Waals surface area contributed by atoms with E-state index in [0.29, 0.717) is 6.42 Å². The second-order valence-electron chi connectivity index (χ2n) is 21.5. The zero-order valence-corrected chi connectivity index (χ0v) is 46.9. The Hall–Kier alpha value is -1.85. The number of allylic oxidation sites excluding steroid dienone is 7. The first-order valence-corrected chi connectivity index (χ1v) is 30.9. The van der Waals surface area contributed by atoms with Crippen LogP contribution in [-0.2, 0) is 14.3 Å². The van der Waals surface area contributed by atoms with Crippen molar-refractivity contribution in [1.29, 1.82) is 0 Å². The Labute approximate surface area is 444 Å². The van der Waals surface area contributed by atoms with Gasteiger partial charge in [0.15, 0.2) is 6.29 Å². The number of rotatable bonds is 53. The summed E-state index contributed by atoms with van der Waals surface area (Å²) in [5.41, 5.74) is 0. The van der Waals surface area contributed by atoms with Crippen molar-refractivity contribution < 1.29 is 39.8 Å². The summed E-state index contributed by atoms with van der Waals surface area (Å²) in [4.78, 5) is 13.0. The number of hydrogen-bond donors (Lipinski definition) is 6. The van der Waals surface area contributed by atoms with Crippen molar-refractivity contribution >= 4 is 5.91 Å². The third-order valence-electron chi connectivity index (χ3n) is 14.6. The van der Waals surface area contributed by atoms with Crippen LogP contribution < -0.4 is 5.32 Å². The van der Waals surface area contributed by atoms with Gasteiger partial charge in [-0.3, -0.25) is 4.79 Å². The van der Waals surface area contributed by atoms with Crippen LogP contribution in [0.2, 0.25) is 0 Å². The lowest BCUT2D eigenvalue weighted by Crippen LogP contribution is -2.60. The highest BCUT2D eigenvalue weighted by molar-refractivity contribution is 5.76. The Bertz CT molecular complexity index is 1270. The molecule has 1 heterocycles. The molecule has 0 aromatic carbocycles. The second-order valence-corrected chi connectivity index (χ2v) is 21.5. The molecule has 1 aliphatic rings. The maximum atomic E-state index is 13.0. The van der Waals surface area contributed by atoms with Crippen molar-refractivity contribution in [1.82, 2.24) is 5.32 Å². The molecule has 7 atom stereocenters. The Kier molecular flexibility index (Phi) is 49.8. The number of nitrogens with one attached hydrogen (secondary N) is 1. The maximum absolute atomic E-state index is 13.0. The van der Waals surface area contributed by atoms with Crippen LogP contribution in [-0.4, -0.2) is 87.5 Å². The lowest BCUT2D eigenvalue weighted by Gasteiger charge is -2.40. The third kappa shape index (κ3) is 41.4. The minimum Gasteiger partial charge on any atom is -0.394 e. The predicted molar refractivity (Wildman–Crippen MR) is 304 cm³/mol. The minimum absolute atomic E-state index is 0.193. The molecular formula is C63H117NO8. The number of carbonyl (C=O) groups excluding carboxylic acids is 1. The summed E-state index contributed by atoms with van der Waals surface area (Å²) < 4.78 is 11.3. The molecule has 7 unspecified atom stereocenters. The van der Waals surface area contributed by atoms with Gasteiger partial charge in [0.25, 0.3) is 0 Å². The van der Waals surface area contributed by atoms with E-state index in [9.17, 15) is 30.3 Å². The van der Waals surface area contributed by atoms with Crippen LogP contribution in [0.4, 0.5) is 0 Å². The van der Waals surface area contributed by atoms with Gasteiger partial charge in [0.1, 0.15) is 24.4 Å². The monoisotopic (exact) mass is 1020 g/mol. The van der Waals surface area contributed by atoms with E-state index < -0.39 is 49.5 Å². The van der Waals surface area contributed by atoms with E-state index in [1.807, 2.05) is 6.08 Å². The molecule has 0 spiro atoms. The highest BCUT2D eigenvalue weighted by Gasteiger charge is 2.44. The Morgan fingerprint density at radius 2 is 0.833 bits per heavy atom. The van der Waals surface area contributed by atoms with E-state index in [2.05, 4.69) is 55.6 Å². The van der Waals surface area contributed by atoms with Crippen molar-refractivity contribution in [2.45, 2.75) is 333 Å². The van der Waals surface area contributed by atoms with Gasteiger partial charge in [-0.25, -0.2) is 0 Å². The number of hydrogen-bond acceptors (Lipinski definition) is 8. The van der Waals surface area contributed by atoms with Crippen molar-refractivity contribution in [3.8, 4) is 0 Å². The number of amides is 1. The van der Waals surface area contributed by atoms with Crippen LogP contribution in [0.15, 0.2) is 48.6 Å². The average Bonchev–Trinajstić information content (AvgIpc) is 3.38. The van der Waals surface area contributed by atoms with Crippen LogP contribution in [0.5, 0.6) is 0 Å². The number of carbonyl (C=O) groups is 1. The van der Waals surface area contributed by atoms with Gasteiger partial charge in [0.05, 0.1) is 25.4 Å². The molecule has 1 saturated heterocycles. The lowest BCUT2D eigenvalue weighted by molar-refractivity contribution is -0.302. The normalized spacial score (nSPS) is 19.5. The fourth-order valence-corrected chi connectivity index (χ4v) is 9.73. The number of unbranched alkanes of at least 4 members (excludes halogenated alkanes) is 37. The topological polar surface area (TPSA) is 149 Å². The molecule has 0 aromatic rings. The van der Waals surface area contributed by atoms with Crippen LogP contribution in [0, 0.1) is 0 Å². The van der Waals surface area contributed by atoms with Gasteiger partial charge in [-0.15, -0.1) is 0 Å². The smallest absolute Gasteiger partial charge is 0.220 e. The standard InChI is InChI=1S/C63H117NO8/c1-3-5-7-9-11-13-15-17-19-21-22-23-24-25-26-27-28-29-30-31-32-33-34-35-37-38-40-42-44-46-48-50-52-57(66)56(55-71-63-62(70)61(69)60(68)58(54-65)72-63)64-59(67)53-51-49-47-45-43-41-39-36-20-18-16-14-12-10-8-6-4-2/h12,14,18,20,42,44,50,52,56-58,60-63,65-66,68-70H,3-11,13,15-17,19,21-41,43,45-49,51,53-55H2,1-2H3,(H,64,67)/b14-12-,20-18-,44-42+,52-50+. The molecule has 0 aromatic heterocycles. The number of aliphatic hydroxyl groups is 5. The number of ether oxygens (including phenoxy) is 2. The fourth-order valence-electron chi connectivity index (χ4n) is 9.73. The Balaban J connectivity index is 2.18. The van der Waals surface area contributed by atoms with Crippen molar-refractivity contribution in [2.75, 3.05) is 13.2 Å². The van der Waals surface area contributed by atoms with Gasteiger partial charge >= 0.3 is 0 Å². The van der Waals surface area contributed by atoms with E-state index in [0.717, 1.165) is 57.8 Å². The Morgan fingerprint density at radius 1 is 0.472 bits per heavy atom. The van der Waals surface area contributed by atoms with Crippen molar-refractivity contribution in [2.24, 2.45) is 0 Å². The summed E-state index contributed by atoms with van der Waals surface area (Å²) in [5.74, 6) is -0.193. The molecular weight excluding hydrogens is 899 g/mol. The highest BCUT2D eigenvalue weighted by atomic mass is 16.7. The Morgan fingerprint density at radius 3 is 1.28 bits per heavy atom. The van der Waals surface area contributed by atoms with Crippen LogP contribution >= 0.6 is 0 Å². The van der Waals surface area contributed by atoms with Gasteiger partial charge in [-0.05, 0) is 64.2 Å². The predicted octanol–water partition coefficient (Wildman–Crippen LogP) is 15.7. The molecule has 1 aliphatic heterocycles. The molecule has 9 heteroatoms. The molecule has 0 radical (unpaired) electrons. The molecule has 9 nitrogen and oxygen atoms in total. The molecule has 72 heavy (non-hydrogen) atoms. The summed E-state index contributed by atoms with van der Waals surface area (Å²) in [6.45, 7) is 3.76. The van der Waals surface area contributed by atoms with Gasteiger partial charge < -0.3 is 40.3 Å². The largest absolute Gasteiger partial charge is 0.394 e. The molecule has 1 amide bonds. The van der Waals surface area contributed by atoms with Gasteiger partial charge in [-0.2, -0.15) is 0 Å². The first-order valence-electron chi connectivity index (χ1n) is 30.9. The summed E-state index contributed by atoms with van der Waals surface area (Å²) in [5, 5.41) is 54.5. The van der Waals surface area contributed by atoms with Crippen LogP contribution in [0.25, 0.3) is 0 Å². The minimum atomic E-state index is -1.58. The first-order chi connectivity index (χ1) is 35.3. The van der Waals surface area contributed by atoms with Crippen LogP contribution in [0.1, 0.15) is 290 Å². The van der Waals surface area contributed by atoms with Gasteiger partial charge in [-0.1, -0.05) is 268 Å². The van der Waals surface area contributed by atoms with E-state index >= 15 is 0 Å². The van der Waals surface area contributed by atoms with E-state index in [-0.39, 0.29) is 12.5 Å². The summed E-state index contributed by atoms with van der Waals surface area (Å²) in [7, 11) is 0. The summed E-state index contributed by atoms with van der Waals surface area (Å²) in [6.07, 6.45) is 63.5. The lowest BCUT2D eigenvalue weighted by atomic mass is 9.99. The molecule has 0 aliphatic carbocycles. The van der Waals surface area contributed by atoms with Gasteiger partial charge in [0, 0.05) is 6.42 Å². The zero-order chi connectivity index (χ0) is 52.2. The van der Waals surface area contributed by atoms with E-state index in [4.69, 9.17) is 9.47 Å². The summed E-state index contributed by atoms with van der Waals surface area (Å²) in [6, 6.07) is -0.828. The zero-order valence-electron chi connectivity index (χ0n) is 46.9. The van der Waals surface area contributed by atoms with E-state index in [1.54, 1.807) is 6.08 Å². The van der Waals surface area contributed by atoms with Crippen molar-refractivity contribution in [3.05, 3.63) is 48.6 Å². The highest BCUT2D eigenvalue weighted by Crippen LogP contribution is 2.23. The van der Waals surface area contributed by atoms with Crippen LogP contribution in [0.3, 0.4) is 0 Å². The first kappa shape index (κ1) is 68.2. The molecule has 0 bridgehead atoms. The average molecular weight is 1020 g/mol. The van der Waals surface area contributed by atoms with Crippen molar-refractivity contribution in [3.63, 3.8) is 0 Å². The molecule has 1 fully saturated rings. The third-order valence-corrected chi connectivity index (χ3v) is 14.6. The number of aliphatic hydroxyl groups excluding tert-OH is 5. The maximum Gasteiger partial charge on any atom is 0.220 e. The SMILES string of the molecule is CCCCC/C=C\C/C=C\CCCCCCCCCC(=O)NC(COC1OC(CO)C(O)C(O)C1O)C(O)/C=C/CC/C=C/CCCCCCCCCCCCCCCCCCCCCCCCCCCC. The fraction of sp³-hybridized carbons (Fsp3) is 0.857. The molecule has 0 saturated carbocycles.